The average molecular weight is 310 g/mol. The van der Waals surface area contributed by atoms with E-state index in [4.69, 9.17) is 11.6 Å². The van der Waals surface area contributed by atoms with Crippen LogP contribution in [0.3, 0.4) is 0 Å². The fraction of sp³-hybridized carbons (Fsp3) is 0.647. The zero-order valence-corrected chi connectivity index (χ0v) is 13.9. The van der Waals surface area contributed by atoms with Gasteiger partial charge in [0, 0.05) is 22.0 Å². The Balaban J connectivity index is 1.77. The topological polar surface area (TPSA) is 12.0 Å². The molecule has 1 heterocycles. The normalized spacial score (nSPS) is 33.8. The van der Waals surface area contributed by atoms with Gasteiger partial charge in [0.1, 0.15) is 0 Å². The molecule has 4 atom stereocenters. The molecule has 1 saturated carbocycles. The van der Waals surface area contributed by atoms with Gasteiger partial charge in [-0.25, -0.2) is 0 Å². The third kappa shape index (κ3) is 3.03. The van der Waals surface area contributed by atoms with Crippen molar-refractivity contribution in [3.8, 4) is 0 Å². The van der Waals surface area contributed by atoms with Gasteiger partial charge in [0.25, 0.3) is 0 Å². The molecule has 0 saturated heterocycles. The van der Waals surface area contributed by atoms with Gasteiger partial charge in [-0.2, -0.15) is 0 Å². The van der Waals surface area contributed by atoms with Gasteiger partial charge in [-0.15, -0.1) is 11.8 Å². The van der Waals surface area contributed by atoms with Gasteiger partial charge in [-0.3, -0.25) is 0 Å². The summed E-state index contributed by atoms with van der Waals surface area (Å²) in [5, 5.41) is 4.81. The summed E-state index contributed by atoms with van der Waals surface area (Å²) >= 11 is 8.17. The van der Waals surface area contributed by atoms with Crippen LogP contribution in [0.25, 0.3) is 0 Å². The summed E-state index contributed by atoms with van der Waals surface area (Å²) < 4.78 is 0. The van der Waals surface area contributed by atoms with E-state index >= 15 is 0 Å². The Morgan fingerprint density at radius 1 is 1.20 bits per heavy atom. The fourth-order valence-corrected chi connectivity index (χ4v) is 4.90. The number of nitrogens with one attached hydrogen (secondary N) is 1. The van der Waals surface area contributed by atoms with Crippen LogP contribution in [0.1, 0.15) is 51.1 Å². The Kier molecular flexibility index (Phi) is 4.64. The minimum atomic E-state index is 0.489. The molecule has 3 heteroatoms. The van der Waals surface area contributed by atoms with Crippen LogP contribution in [0, 0.1) is 11.8 Å². The molecule has 4 unspecified atom stereocenters. The summed E-state index contributed by atoms with van der Waals surface area (Å²) in [6.07, 6.45) is 5.30. The van der Waals surface area contributed by atoms with E-state index in [2.05, 4.69) is 31.3 Å². The molecule has 1 aliphatic heterocycles. The molecular weight excluding hydrogens is 286 g/mol. The fourth-order valence-electron chi connectivity index (χ4n) is 3.61. The molecule has 0 spiro atoms. The van der Waals surface area contributed by atoms with Crippen LogP contribution in [0.2, 0.25) is 5.02 Å². The Hall–Kier alpha value is -0.180. The van der Waals surface area contributed by atoms with E-state index in [0.29, 0.717) is 12.1 Å². The first-order valence-corrected chi connectivity index (χ1v) is 9.20. The molecule has 0 radical (unpaired) electrons. The van der Waals surface area contributed by atoms with Gasteiger partial charge in [0.15, 0.2) is 0 Å². The first-order valence-electron chi connectivity index (χ1n) is 7.83. The van der Waals surface area contributed by atoms with E-state index in [-0.39, 0.29) is 0 Å². The highest BCUT2D eigenvalue weighted by molar-refractivity contribution is 7.99. The molecule has 1 aromatic rings. The number of hydrogen-bond acceptors (Lipinski definition) is 2. The van der Waals surface area contributed by atoms with Crippen molar-refractivity contribution in [3.05, 3.63) is 28.8 Å². The summed E-state index contributed by atoms with van der Waals surface area (Å²) in [5.41, 5.74) is 1.42. The molecule has 110 valence electrons. The van der Waals surface area contributed by atoms with Crippen molar-refractivity contribution < 1.29 is 0 Å². The van der Waals surface area contributed by atoms with Crippen molar-refractivity contribution >= 4 is 23.4 Å². The summed E-state index contributed by atoms with van der Waals surface area (Å²) in [7, 11) is 0. The molecule has 0 amide bonds. The quantitative estimate of drug-likeness (QED) is 0.796. The molecule has 3 rings (SSSR count). The van der Waals surface area contributed by atoms with Crippen LogP contribution < -0.4 is 5.32 Å². The Bertz CT molecular complexity index is 476. The third-order valence-electron chi connectivity index (χ3n) is 5.13. The number of benzene rings is 1. The molecule has 1 aromatic carbocycles. The number of fused-ring (bicyclic) bond motifs is 1. The molecule has 1 nitrogen and oxygen atoms in total. The molecule has 1 fully saturated rings. The van der Waals surface area contributed by atoms with Gasteiger partial charge in [-0.05, 0) is 54.2 Å². The summed E-state index contributed by atoms with van der Waals surface area (Å²) in [6.45, 7) is 4.82. The maximum atomic E-state index is 6.20. The van der Waals surface area contributed by atoms with Crippen molar-refractivity contribution in [1.29, 1.82) is 0 Å². The lowest BCUT2D eigenvalue weighted by Crippen LogP contribution is -2.43. The minimum absolute atomic E-state index is 0.489. The summed E-state index contributed by atoms with van der Waals surface area (Å²) in [6, 6.07) is 7.52. The molecule has 1 N–H and O–H groups in total. The van der Waals surface area contributed by atoms with Crippen LogP contribution >= 0.6 is 23.4 Å². The molecule has 0 aromatic heterocycles. The van der Waals surface area contributed by atoms with Crippen molar-refractivity contribution in [2.75, 3.05) is 5.75 Å². The van der Waals surface area contributed by atoms with Crippen molar-refractivity contribution in [2.24, 2.45) is 11.8 Å². The second-order valence-corrected chi connectivity index (χ2v) is 7.99. The third-order valence-corrected chi connectivity index (χ3v) is 6.49. The van der Waals surface area contributed by atoms with E-state index in [0.717, 1.165) is 16.9 Å². The number of thioether (sulfide) groups is 1. The van der Waals surface area contributed by atoms with Crippen LogP contribution in [0.5, 0.6) is 0 Å². The number of rotatable bonds is 2. The lowest BCUT2D eigenvalue weighted by atomic mass is 9.77. The molecule has 2 aliphatic rings. The summed E-state index contributed by atoms with van der Waals surface area (Å²) in [4.78, 5) is 1.41. The SMILES string of the molecule is CC1CCCC(NC2CCSc3ccc(Cl)cc32)C1C. The lowest BCUT2D eigenvalue weighted by molar-refractivity contribution is 0.191. The Labute approximate surface area is 131 Å². The maximum Gasteiger partial charge on any atom is 0.0410 e. The average Bonchev–Trinajstić information content (AvgIpc) is 2.44. The molecular formula is C17H24ClNS. The van der Waals surface area contributed by atoms with E-state index in [1.807, 2.05) is 17.8 Å². The van der Waals surface area contributed by atoms with Crippen LogP contribution in [-0.2, 0) is 0 Å². The van der Waals surface area contributed by atoms with Gasteiger partial charge in [0.2, 0.25) is 0 Å². The molecule has 20 heavy (non-hydrogen) atoms. The highest BCUT2D eigenvalue weighted by Gasteiger charge is 2.30. The monoisotopic (exact) mass is 309 g/mol. The second-order valence-electron chi connectivity index (χ2n) is 6.41. The van der Waals surface area contributed by atoms with Gasteiger partial charge in [0.05, 0.1) is 0 Å². The van der Waals surface area contributed by atoms with Gasteiger partial charge < -0.3 is 5.32 Å². The lowest BCUT2D eigenvalue weighted by Gasteiger charge is -2.38. The zero-order valence-electron chi connectivity index (χ0n) is 12.4. The highest BCUT2D eigenvalue weighted by Crippen LogP contribution is 2.39. The highest BCUT2D eigenvalue weighted by atomic mass is 35.5. The second kappa shape index (κ2) is 6.29. The predicted molar refractivity (Wildman–Crippen MR) is 88.6 cm³/mol. The first kappa shape index (κ1) is 14.7. The van der Waals surface area contributed by atoms with E-state index in [1.165, 1.54) is 41.9 Å². The van der Waals surface area contributed by atoms with E-state index in [1.54, 1.807) is 0 Å². The van der Waals surface area contributed by atoms with E-state index in [9.17, 15) is 0 Å². The number of hydrogen-bond donors (Lipinski definition) is 1. The largest absolute Gasteiger partial charge is 0.307 e. The van der Waals surface area contributed by atoms with Crippen LogP contribution in [0.15, 0.2) is 23.1 Å². The zero-order chi connectivity index (χ0) is 14.1. The summed E-state index contributed by atoms with van der Waals surface area (Å²) in [5.74, 6) is 2.84. The van der Waals surface area contributed by atoms with E-state index < -0.39 is 0 Å². The number of halogens is 1. The smallest absolute Gasteiger partial charge is 0.0410 e. The van der Waals surface area contributed by atoms with Gasteiger partial charge >= 0.3 is 0 Å². The van der Waals surface area contributed by atoms with Crippen molar-refractivity contribution in [1.82, 2.24) is 5.32 Å². The molecule has 0 bridgehead atoms. The molecule has 1 aliphatic carbocycles. The maximum absolute atomic E-state index is 6.20. The predicted octanol–water partition coefficient (Wildman–Crippen LogP) is 5.29. The van der Waals surface area contributed by atoms with Crippen molar-refractivity contribution in [3.63, 3.8) is 0 Å². The van der Waals surface area contributed by atoms with Gasteiger partial charge in [-0.1, -0.05) is 38.3 Å². The Morgan fingerprint density at radius 2 is 2.05 bits per heavy atom. The Morgan fingerprint density at radius 3 is 2.90 bits per heavy atom. The van der Waals surface area contributed by atoms with Crippen LogP contribution in [-0.4, -0.2) is 11.8 Å². The van der Waals surface area contributed by atoms with Crippen molar-refractivity contribution in [2.45, 2.75) is 56.5 Å². The first-order chi connectivity index (χ1) is 9.65. The van der Waals surface area contributed by atoms with Crippen LogP contribution in [0.4, 0.5) is 0 Å². The standard InChI is InChI=1S/C17H24ClNS/c1-11-4-3-5-15(12(11)2)19-16-8-9-20-17-7-6-13(18)10-14(16)17/h6-7,10-12,15-16,19H,3-5,8-9H2,1-2H3. The minimum Gasteiger partial charge on any atom is -0.307 e.